The summed E-state index contributed by atoms with van der Waals surface area (Å²) in [5.74, 6) is 0. The van der Waals surface area contributed by atoms with Gasteiger partial charge in [0.1, 0.15) is 0 Å². The lowest BCUT2D eigenvalue weighted by atomic mass is 10.0. The molecule has 0 aliphatic carbocycles. The van der Waals surface area contributed by atoms with Crippen LogP contribution in [0.25, 0.3) is 0 Å². The third kappa shape index (κ3) is 17.6. The molecule has 6 heteroatoms. The van der Waals surface area contributed by atoms with Crippen LogP contribution in [-0.4, -0.2) is 25.7 Å². The second-order valence-electron chi connectivity index (χ2n) is 9.13. The fourth-order valence-electron chi connectivity index (χ4n) is 3.97. The molecule has 0 bridgehead atoms. The van der Waals surface area contributed by atoms with Gasteiger partial charge in [0.25, 0.3) is 13.0 Å². The van der Waals surface area contributed by atoms with Crippen molar-refractivity contribution in [2.24, 2.45) is 0 Å². The molecular weight excluding hydrogens is 424 g/mol. The molecule has 0 radical (unpaired) electrons. The van der Waals surface area contributed by atoms with E-state index in [4.69, 9.17) is 22.6 Å². The van der Waals surface area contributed by atoms with Crippen LogP contribution in [0.1, 0.15) is 143 Å². The maximum absolute atomic E-state index is 6.20. The molecule has 192 valence electrons. The average molecular weight is 477 g/mol. The van der Waals surface area contributed by atoms with Crippen LogP contribution in [0.4, 0.5) is 0 Å². The lowest BCUT2D eigenvalue weighted by molar-refractivity contribution is -0.383. The van der Waals surface area contributed by atoms with Gasteiger partial charge in [-0.15, -0.1) is 0 Å². The minimum atomic E-state index is -0.718. The van der Waals surface area contributed by atoms with Gasteiger partial charge in [-0.1, -0.05) is 124 Å². The molecule has 3 atom stereocenters. The lowest BCUT2D eigenvalue weighted by Crippen LogP contribution is -2.35. The van der Waals surface area contributed by atoms with Crippen molar-refractivity contribution < 1.29 is 22.6 Å². The minimum Gasteiger partial charge on any atom is -0.329 e. The summed E-state index contributed by atoms with van der Waals surface area (Å²) in [6.07, 6.45) is 23.9. The van der Waals surface area contributed by atoms with E-state index in [1.54, 1.807) is 0 Å². The molecule has 32 heavy (non-hydrogen) atoms. The van der Waals surface area contributed by atoms with E-state index in [-0.39, 0.29) is 6.10 Å². The van der Waals surface area contributed by atoms with E-state index < -0.39 is 13.0 Å². The Morgan fingerprint density at radius 2 is 1.06 bits per heavy atom. The van der Waals surface area contributed by atoms with Gasteiger partial charge in [0.15, 0.2) is 12.3 Å². The molecule has 1 saturated heterocycles. The summed E-state index contributed by atoms with van der Waals surface area (Å²) in [6, 6.07) is 0. The second kappa shape index (κ2) is 22.9. The molecule has 0 N–H and O–H groups in total. The van der Waals surface area contributed by atoms with Gasteiger partial charge in [0.2, 0.25) is 0 Å². The molecule has 0 spiro atoms. The lowest BCUT2D eigenvalue weighted by Gasteiger charge is -2.30. The van der Waals surface area contributed by atoms with Crippen molar-refractivity contribution in [3.05, 3.63) is 0 Å². The maximum Gasteiger partial charge on any atom is 0.289 e. The van der Waals surface area contributed by atoms with E-state index in [1.165, 1.54) is 103 Å². The van der Waals surface area contributed by atoms with Gasteiger partial charge in [-0.05, 0) is 19.3 Å². The summed E-state index contributed by atoms with van der Waals surface area (Å²) in [7, 11) is 0. The van der Waals surface area contributed by atoms with E-state index in [9.17, 15) is 0 Å². The molecule has 1 aliphatic rings. The molecule has 1 rings (SSSR count). The molecule has 0 saturated carbocycles. The molecule has 1 fully saturated rings. The summed E-state index contributed by atoms with van der Waals surface area (Å²) in [6.45, 7) is 5.97. The van der Waals surface area contributed by atoms with Crippen LogP contribution in [0.5, 0.6) is 0 Å². The van der Waals surface area contributed by atoms with Crippen LogP contribution in [0.3, 0.4) is 0 Å². The largest absolute Gasteiger partial charge is 0.329 e. The molecule has 0 aromatic carbocycles. The SMILES string of the molecule is CCCCCCCCOC1OSOC(OC(CCCCCCC)CCCCCCCC)O1. The van der Waals surface area contributed by atoms with Crippen molar-refractivity contribution in [1.29, 1.82) is 0 Å². The van der Waals surface area contributed by atoms with Crippen LogP contribution >= 0.6 is 12.3 Å². The highest BCUT2D eigenvalue weighted by Gasteiger charge is 2.28. The van der Waals surface area contributed by atoms with Gasteiger partial charge in [0.05, 0.1) is 12.7 Å². The third-order valence-corrected chi connectivity index (χ3v) is 6.49. The smallest absolute Gasteiger partial charge is 0.289 e. The summed E-state index contributed by atoms with van der Waals surface area (Å²) >= 11 is 0.925. The van der Waals surface area contributed by atoms with Crippen LogP contribution in [0.15, 0.2) is 0 Å². The molecule has 0 aromatic heterocycles. The quantitative estimate of drug-likeness (QED) is 0.108. The monoisotopic (exact) mass is 476 g/mol. The zero-order valence-electron chi connectivity index (χ0n) is 21.3. The summed E-state index contributed by atoms with van der Waals surface area (Å²) in [5, 5.41) is 0. The van der Waals surface area contributed by atoms with E-state index in [0.29, 0.717) is 6.61 Å². The first-order valence-electron chi connectivity index (χ1n) is 13.7. The Morgan fingerprint density at radius 1 is 0.594 bits per heavy atom. The topological polar surface area (TPSA) is 46.2 Å². The van der Waals surface area contributed by atoms with Crippen LogP contribution in [-0.2, 0) is 22.6 Å². The fraction of sp³-hybridized carbons (Fsp3) is 1.00. The van der Waals surface area contributed by atoms with Crippen molar-refractivity contribution in [1.82, 2.24) is 0 Å². The highest BCUT2D eigenvalue weighted by molar-refractivity contribution is 7.89. The van der Waals surface area contributed by atoms with Gasteiger partial charge >= 0.3 is 0 Å². The van der Waals surface area contributed by atoms with Crippen LogP contribution < -0.4 is 0 Å². The van der Waals surface area contributed by atoms with Crippen molar-refractivity contribution in [3.8, 4) is 0 Å². The molecule has 0 amide bonds. The zero-order valence-corrected chi connectivity index (χ0v) is 22.1. The van der Waals surface area contributed by atoms with Gasteiger partial charge in [-0.2, -0.15) is 0 Å². The Hall–Kier alpha value is 0.150. The zero-order chi connectivity index (χ0) is 23.1. The number of rotatable bonds is 23. The minimum absolute atomic E-state index is 0.172. The highest BCUT2D eigenvalue weighted by Crippen LogP contribution is 2.27. The molecule has 1 aliphatic heterocycles. The maximum atomic E-state index is 6.20. The number of ether oxygens (including phenoxy) is 3. The second-order valence-corrected chi connectivity index (χ2v) is 9.65. The first kappa shape index (κ1) is 30.2. The Labute approximate surface area is 203 Å². The van der Waals surface area contributed by atoms with Crippen molar-refractivity contribution in [3.63, 3.8) is 0 Å². The average Bonchev–Trinajstić information content (AvgIpc) is 2.80. The molecule has 1 heterocycles. The third-order valence-electron chi connectivity index (χ3n) is 6.02. The first-order valence-corrected chi connectivity index (χ1v) is 14.4. The van der Waals surface area contributed by atoms with Crippen molar-refractivity contribution in [2.45, 2.75) is 162 Å². The molecule has 0 aromatic rings. The van der Waals surface area contributed by atoms with E-state index in [0.717, 1.165) is 31.6 Å². The van der Waals surface area contributed by atoms with Crippen LogP contribution in [0.2, 0.25) is 0 Å². The van der Waals surface area contributed by atoms with E-state index in [1.807, 2.05) is 0 Å². The van der Waals surface area contributed by atoms with Crippen molar-refractivity contribution >= 4 is 12.3 Å². The van der Waals surface area contributed by atoms with Crippen molar-refractivity contribution in [2.75, 3.05) is 6.61 Å². The number of unbranched alkanes of at least 4 members (excludes halogenated alkanes) is 14. The van der Waals surface area contributed by atoms with Crippen LogP contribution in [0, 0.1) is 0 Å². The molecular formula is C26H52O5S. The first-order chi connectivity index (χ1) is 15.8. The van der Waals surface area contributed by atoms with Gasteiger partial charge in [0, 0.05) is 0 Å². The van der Waals surface area contributed by atoms with E-state index in [2.05, 4.69) is 20.8 Å². The standard InChI is InChI=1S/C26H52O5S/c1-4-7-10-13-16-19-22-24(21-18-15-12-9-6-3)28-26-29-25(30-32-31-26)27-23-20-17-14-11-8-5-2/h24-26H,4-23H2,1-3H3. The summed E-state index contributed by atoms with van der Waals surface area (Å²) < 4.78 is 28.5. The Morgan fingerprint density at radius 3 is 1.62 bits per heavy atom. The van der Waals surface area contributed by atoms with E-state index >= 15 is 0 Å². The Balaban J connectivity index is 2.28. The fourth-order valence-corrected chi connectivity index (χ4v) is 4.34. The van der Waals surface area contributed by atoms with Gasteiger partial charge in [-0.3, -0.25) is 4.74 Å². The normalized spacial score (nSPS) is 20.0. The predicted molar refractivity (Wildman–Crippen MR) is 134 cm³/mol. The predicted octanol–water partition coefficient (Wildman–Crippen LogP) is 9.05. The summed E-state index contributed by atoms with van der Waals surface area (Å²) in [5.41, 5.74) is 0. The summed E-state index contributed by atoms with van der Waals surface area (Å²) in [4.78, 5) is 0. The van der Waals surface area contributed by atoms with Gasteiger partial charge in [-0.25, -0.2) is 8.37 Å². The number of hydrogen-bond donors (Lipinski definition) is 0. The van der Waals surface area contributed by atoms with Gasteiger partial charge < -0.3 is 9.47 Å². The Kier molecular flexibility index (Phi) is 21.6. The highest BCUT2D eigenvalue weighted by atomic mass is 32.2. The molecule has 3 unspecified atom stereocenters. The Bertz CT molecular complexity index is 385. The molecule has 5 nitrogen and oxygen atoms in total. The number of hydrogen-bond acceptors (Lipinski definition) is 6.